The largest absolute Gasteiger partial charge is 0.494 e. The van der Waals surface area contributed by atoms with Crippen molar-refractivity contribution in [2.24, 2.45) is 17.8 Å². The third-order valence-corrected chi connectivity index (χ3v) is 13.4. The minimum Gasteiger partial charge on any atom is -0.494 e. The summed E-state index contributed by atoms with van der Waals surface area (Å²) >= 11 is 0. The SMILES string of the molecule is COC[C@@H]1C[C@@H](C)CCC=C[C@@H]2C[C@@]2(C(=O)NS(=O)(=O)C2(C)CC2)NC(=O)[C@@H]2C[C@@H](Oc3nc4cc(OC)c(F)cc4nc3C(F)(F)F)CN2C(=O)[C@H]1NC(=O)O. The fraction of sp³-hybridized carbons (Fsp3) is 0.611. The van der Waals surface area contributed by atoms with E-state index in [0.29, 0.717) is 38.2 Å². The van der Waals surface area contributed by atoms with Gasteiger partial charge < -0.3 is 34.9 Å². The van der Waals surface area contributed by atoms with E-state index in [9.17, 15) is 50.3 Å². The highest BCUT2D eigenvalue weighted by Gasteiger charge is 2.63. The Hall–Kier alpha value is -4.79. The predicted octanol–water partition coefficient (Wildman–Crippen LogP) is 3.29. The second-order valence-corrected chi connectivity index (χ2v) is 17.7. The molecule has 1 saturated heterocycles. The molecule has 2 aliphatic carbocycles. The zero-order valence-electron chi connectivity index (χ0n) is 31.5. The van der Waals surface area contributed by atoms with Crippen LogP contribution < -0.4 is 24.8 Å². The maximum Gasteiger partial charge on any atom is 0.438 e. The molecule has 0 unspecified atom stereocenters. The van der Waals surface area contributed by atoms with E-state index in [1.807, 2.05) is 6.92 Å². The molecule has 1 aromatic heterocycles. The number of amides is 4. The third-order valence-electron chi connectivity index (χ3n) is 11.2. The number of allylic oxidation sites excluding steroid dienone is 1. The molecule has 6 rings (SSSR count). The van der Waals surface area contributed by atoms with Crippen molar-refractivity contribution in [1.82, 2.24) is 30.2 Å². The lowest BCUT2D eigenvalue weighted by Crippen LogP contribution is -2.59. The Balaban J connectivity index is 1.39. The summed E-state index contributed by atoms with van der Waals surface area (Å²) in [7, 11) is -1.63. The van der Waals surface area contributed by atoms with Crippen molar-refractivity contribution in [3.8, 4) is 11.6 Å². The molecule has 3 heterocycles. The van der Waals surface area contributed by atoms with Gasteiger partial charge in [-0.15, -0.1) is 0 Å². The highest BCUT2D eigenvalue weighted by atomic mass is 32.2. The number of ether oxygens (including phenoxy) is 3. The number of hydrogen-bond acceptors (Lipinski definition) is 11. The zero-order valence-corrected chi connectivity index (χ0v) is 32.3. The Labute approximate surface area is 325 Å². The average molecular weight is 829 g/mol. The second kappa shape index (κ2) is 15.5. The van der Waals surface area contributed by atoms with Gasteiger partial charge in [0.2, 0.25) is 33.4 Å². The zero-order chi connectivity index (χ0) is 41.7. The summed E-state index contributed by atoms with van der Waals surface area (Å²) in [6.07, 6.45) is -3.02. The maximum atomic E-state index is 14.5. The van der Waals surface area contributed by atoms with Crippen LogP contribution in [0, 0.1) is 23.6 Å². The number of carbonyl (C=O) groups excluding carboxylic acids is 3. The smallest absolute Gasteiger partial charge is 0.438 e. The molecule has 3 fully saturated rings. The van der Waals surface area contributed by atoms with E-state index < -0.39 is 116 Å². The van der Waals surface area contributed by atoms with Crippen LogP contribution in [0.25, 0.3) is 11.0 Å². The van der Waals surface area contributed by atoms with Crippen LogP contribution >= 0.6 is 0 Å². The monoisotopic (exact) mass is 828 g/mol. The number of benzene rings is 1. The van der Waals surface area contributed by atoms with Gasteiger partial charge in [-0.3, -0.25) is 19.1 Å². The number of alkyl halides is 3. The minimum atomic E-state index is -5.16. The molecule has 1 aromatic carbocycles. The van der Waals surface area contributed by atoms with Crippen molar-refractivity contribution in [2.45, 2.75) is 93.4 Å². The first-order valence-corrected chi connectivity index (χ1v) is 19.8. The molecule has 0 bridgehead atoms. The summed E-state index contributed by atoms with van der Waals surface area (Å²) in [5.41, 5.74) is -4.06. The normalized spacial score (nSPS) is 28.9. The number of halogens is 4. The molecule has 312 valence electrons. The predicted molar refractivity (Wildman–Crippen MR) is 192 cm³/mol. The van der Waals surface area contributed by atoms with Crippen molar-refractivity contribution in [1.29, 1.82) is 0 Å². The van der Waals surface area contributed by atoms with E-state index in [-0.39, 0.29) is 30.2 Å². The fourth-order valence-corrected chi connectivity index (χ4v) is 8.86. The molecule has 0 radical (unpaired) electrons. The molecule has 57 heavy (non-hydrogen) atoms. The Morgan fingerprint density at radius 1 is 1.12 bits per heavy atom. The Kier molecular flexibility index (Phi) is 11.4. The summed E-state index contributed by atoms with van der Waals surface area (Å²) in [5.74, 6) is -6.73. The van der Waals surface area contributed by atoms with Crippen LogP contribution in [0.1, 0.15) is 64.5 Å². The maximum absolute atomic E-state index is 14.5. The van der Waals surface area contributed by atoms with Gasteiger partial charge in [-0.25, -0.2) is 27.6 Å². The number of aromatic nitrogens is 2. The summed E-state index contributed by atoms with van der Waals surface area (Å²) in [6, 6.07) is -1.32. The van der Waals surface area contributed by atoms with E-state index in [0.717, 1.165) is 18.1 Å². The molecule has 0 spiro atoms. The number of rotatable bonds is 9. The summed E-state index contributed by atoms with van der Waals surface area (Å²) in [5, 5.41) is 14.7. The molecule has 2 aromatic rings. The van der Waals surface area contributed by atoms with E-state index in [2.05, 4.69) is 25.3 Å². The van der Waals surface area contributed by atoms with Crippen LogP contribution in [0.15, 0.2) is 24.3 Å². The van der Waals surface area contributed by atoms with Gasteiger partial charge in [0, 0.05) is 37.5 Å². The lowest BCUT2D eigenvalue weighted by atomic mass is 9.87. The fourth-order valence-electron chi connectivity index (χ4n) is 7.55. The first kappa shape index (κ1) is 41.8. The van der Waals surface area contributed by atoms with Gasteiger partial charge in [-0.2, -0.15) is 13.2 Å². The van der Waals surface area contributed by atoms with Gasteiger partial charge >= 0.3 is 12.3 Å². The molecule has 4 aliphatic rings. The lowest BCUT2D eigenvalue weighted by Gasteiger charge is -2.33. The van der Waals surface area contributed by atoms with E-state index in [1.54, 1.807) is 12.2 Å². The quantitative estimate of drug-likeness (QED) is 0.212. The molecule has 21 heteroatoms. The van der Waals surface area contributed by atoms with E-state index in [4.69, 9.17) is 14.2 Å². The highest BCUT2D eigenvalue weighted by Crippen LogP contribution is 2.48. The first-order valence-electron chi connectivity index (χ1n) is 18.4. The Morgan fingerprint density at radius 3 is 2.46 bits per heavy atom. The van der Waals surface area contributed by atoms with Crippen LogP contribution in [-0.4, -0.2) is 108 Å². The minimum absolute atomic E-state index is 0.00818. The van der Waals surface area contributed by atoms with E-state index >= 15 is 0 Å². The molecular formula is C36H44F4N6O10S. The van der Waals surface area contributed by atoms with Gasteiger partial charge in [-0.05, 0) is 51.4 Å². The third kappa shape index (κ3) is 8.58. The number of carboxylic acid groups (broad SMARTS) is 1. The van der Waals surface area contributed by atoms with Crippen LogP contribution in [0.2, 0.25) is 0 Å². The number of hydrogen-bond donors (Lipinski definition) is 4. The van der Waals surface area contributed by atoms with Crippen molar-refractivity contribution in [3.05, 3.63) is 35.8 Å². The number of methoxy groups -OCH3 is 2. The summed E-state index contributed by atoms with van der Waals surface area (Å²) in [4.78, 5) is 63.3. The highest BCUT2D eigenvalue weighted by molar-refractivity contribution is 7.91. The molecule has 2 saturated carbocycles. The second-order valence-electron chi connectivity index (χ2n) is 15.5. The lowest BCUT2D eigenvalue weighted by molar-refractivity contribution is -0.143. The van der Waals surface area contributed by atoms with Gasteiger partial charge in [0.15, 0.2) is 11.6 Å². The number of nitrogens with zero attached hydrogens (tertiary/aromatic N) is 3. The van der Waals surface area contributed by atoms with E-state index in [1.165, 1.54) is 14.0 Å². The van der Waals surface area contributed by atoms with Gasteiger partial charge in [0.1, 0.15) is 23.7 Å². The standard InChI is InChI=1S/C36H44F4N6O10S/c1-18-7-5-6-8-20-15-35(20,32(49)45-57(52,53)34(2)9-10-34)44-29(47)25-12-21(16-46(25)31(48)27(43-33(50)51)19(11-18)17-54-3)56-30-28(36(38,39)40)41-23-13-22(37)26(55-4)14-24(23)42-30/h6,8,13-14,18-21,25,27,43H,5,7,9-12,15-17H2,1-4H3,(H,44,47)(H,45,49)(H,50,51)/t18-,19-,20+,21+,25-,27-,35+/m0/s1. The van der Waals surface area contributed by atoms with Crippen molar-refractivity contribution >= 4 is 44.9 Å². The van der Waals surface area contributed by atoms with Crippen LogP contribution in [-0.2, 0) is 35.3 Å². The van der Waals surface area contributed by atoms with Crippen LogP contribution in [0.3, 0.4) is 0 Å². The first-order chi connectivity index (χ1) is 26.7. The van der Waals surface area contributed by atoms with Crippen LogP contribution in [0.4, 0.5) is 22.4 Å². The molecule has 4 N–H and O–H groups in total. The van der Waals surface area contributed by atoms with Crippen LogP contribution in [0.5, 0.6) is 11.6 Å². The number of nitrogens with one attached hydrogen (secondary N) is 3. The van der Waals surface area contributed by atoms with Gasteiger partial charge in [-0.1, -0.05) is 19.1 Å². The topological polar surface area (TPSA) is 215 Å². The average Bonchev–Trinajstić information content (AvgIpc) is 4.01. The summed E-state index contributed by atoms with van der Waals surface area (Å²) in [6.45, 7) is 2.75. The van der Waals surface area contributed by atoms with Crippen molar-refractivity contribution < 1.29 is 64.5 Å². The molecule has 4 amide bonds. The Bertz CT molecular complexity index is 2080. The number of sulfonamides is 1. The number of carbonyl (C=O) groups is 4. The van der Waals surface area contributed by atoms with Gasteiger partial charge in [0.25, 0.3) is 5.91 Å². The molecule has 2 aliphatic heterocycles. The molecule has 7 atom stereocenters. The summed E-state index contributed by atoms with van der Waals surface area (Å²) < 4.78 is 101. The van der Waals surface area contributed by atoms with Crippen molar-refractivity contribution in [2.75, 3.05) is 27.4 Å². The van der Waals surface area contributed by atoms with Crippen molar-refractivity contribution in [3.63, 3.8) is 0 Å². The molecule has 16 nitrogen and oxygen atoms in total. The number of fused-ring (bicyclic) bond motifs is 3. The molecular weight excluding hydrogens is 784 g/mol. The Morgan fingerprint density at radius 2 is 1.82 bits per heavy atom. The van der Waals surface area contributed by atoms with Gasteiger partial charge in [0.05, 0.1) is 36.0 Å².